The average Bonchev–Trinajstić information content (AvgIpc) is 3.84. The van der Waals surface area contributed by atoms with E-state index < -0.39 is 0 Å². The molecule has 0 fully saturated rings. The molecule has 0 saturated carbocycles. The Balaban J connectivity index is 1.09. The summed E-state index contributed by atoms with van der Waals surface area (Å²) in [6.45, 7) is 4.76. The van der Waals surface area contributed by atoms with E-state index in [1.54, 1.807) is 0 Å². The molecule has 0 bridgehead atoms. The molecule has 0 saturated heterocycles. The Morgan fingerprint density at radius 1 is 0.358 bits per heavy atom. The minimum Gasteiger partial charge on any atom is -0.452 e. The van der Waals surface area contributed by atoms with E-state index in [4.69, 9.17) is 8.83 Å². The van der Waals surface area contributed by atoms with Gasteiger partial charge in [-0.2, -0.15) is 0 Å². The molecule has 0 atom stereocenters. The minimum absolute atomic E-state index is 0.118. The maximum atomic E-state index is 6.54. The van der Waals surface area contributed by atoms with E-state index in [1.807, 2.05) is 12.1 Å². The highest BCUT2D eigenvalue weighted by atomic mass is 16.4. The van der Waals surface area contributed by atoms with E-state index in [-0.39, 0.29) is 5.41 Å². The number of para-hydroxylation sites is 1. The van der Waals surface area contributed by atoms with Crippen LogP contribution in [0.4, 0.5) is 0 Å². The van der Waals surface area contributed by atoms with Gasteiger partial charge in [-0.05, 0) is 113 Å². The second-order valence-corrected chi connectivity index (χ2v) is 15.2. The number of furan rings is 2. The molecule has 2 nitrogen and oxygen atoms in total. The predicted octanol–water partition coefficient (Wildman–Crippen LogP) is 14.6. The molecule has 12 rings (SSSR count). The lowest BCUT2D eigenvalue weighted by Gasteiger charge is -2.23. The minimum atomic E-state index is -0.118. The van der Waals surface area contributed by atoms with Crippen LogP contribution >= 0.6 is 0 Å². The SMILES string of the molecule is CC1(C)c2cc(-c3c4ccccc4c(-c4ccc5oc6c(ccc7c8ccccc8oc76)c5c4)c4ccccc34)ccc2-c2c1ccc1ccccc21. The van der Waals surface area contributed by atoms with E-state index in [0.717, 1.165) is 43.9 Å². The van der Waals surface area contributed by atoms with Gasteiger partial charge in [-0.25, -0.2) is 0 Å². The van der Waals surface area contributed by atoms with Crippen molar-refractivity contribution >= 4 is 76.2 Å². The van der Waals surface area contributed by atoms with Gasteiger partial charge >= 0.3 is 0 Å². The van der Waals surface area contributed by atoms with Crippen LogP contribution in [0.15, 0.2) is 167 Å². The first-order valence-corrected chi connectivity index (χ1v) is 18.4. The smallest absolute Gasteiger partial charge is 0.178 e. The van der Waals surface area contributed by atoms with Gasteiger partial charge in [0.2, 0.25) is 0 Å². The van der Waals surface area contributed by atoms with Crippen LogP contribution in [0.25, 0.3) is 110 Å². The van der Waals surface area contributed by atoms with E-state index in [1.165, 1.54) is 76.8 Å². The van der Waals surface area contributed by atoms with Crippen LogP contribution in [0, 0.1) is 0 Å². The van der Waals surface area contributed by atoms with Crippen LogP contribution < -0.4 is 0 Å². The standard InChI is InChI=1S/C51H32O2/c1-51(2)42-25-20-29-11-3-4-12-32(29)48(42)40-22-19-31(28-43(40)51)47-36-16-7-5-14-34(36)46(35-15-6-8-17-37(35)47)30-21-26-45-41(27-30)39-24-23-38-33-13-9-10-18-44(33)52-49(38)50(39)53-45/h3-28H,1-2H3. The molecule has 53 heavy (non-hydrogen) atoms. The fraction of sp³-hybridized carbons (Fsp3) is 0.0588. The molecule has 248 valence electrons. The Kier molecular flexibility index (Phi) is 5.60. The van der Waals surface area contributed by atoms with Crippen molar-refractivity contribution in [2.75, 3.05) is 0 Å². The molecule has 2 heteroatoms. The Morgan fingerprint density at radius 3 is 1.57 bits per heavy atom. The van der Waals surface area contributed by atoms with E-state index in [2.05, 4.69) is 159 Å². The highest BCUT2D eigenvalue weighted by molar-refractivity contribution is 6.23. The van der Waals surface area contributed by atoms with Gasteiger partial charge in [-0.15, -0.1) is 0 Å². The monoisotopic (exact) mass is 676 g/mol. The van der Waals surface area contributed by atoms with Gasteiger partial charge in [0.25, 0.3) is 0 Å². The second kappa shape index (κ2) is 10.2. The number of fused-ring (bicyclic) bond motifs is 14. The van der Waals surface area contributed by atoms with Crippen molar-refractivity contribution in [2.45, 2.75) is 19.3 Å². The molecule has 0 N–H and O–H groups in total. The van der Waals surface area contributed by atoms with Crippen LogP contribution in [0.3, 0.4) is 0 Å². The van der Waals surface area contributed by atoms with Gasteiger partial charge in [-0.3, -0.25) is 0 Å². The van der Waals surface area contributed by atoms with Crippen molar-refractivity contribution in [3.05, 3.63) is 169 Å². The second-order valence-electron chi connectivity index (χ2n) is 15.2. The molecular formula is C51H32O2. The Labute approximate surface area is 305 Å². The van der Waals surface area contributed by atoms with Gasteiger partial charge in [0, 0.05) is 27.0 Å². The van der Waals surface area contributed by atoms with Crippen molar-refractivity contribution in [1.82, 2.24) is 0 Å². The Bertz CT molecular complexity index is 3310. The summed E-state index contributed by atoms with van der Waals surface area (Å²) in [5, 5.41) is 11.9. The van der Waals surface area contributed by atoms with Gasteiger partial charge < -0.3 is 8.83 Å². The fourth-order valence-electron chi connectivity index (χ4n) is 9.59. The normalized spacial score (nSPS) is 13.6. The third-order valence-electron chi connectivity index (χ3n) is 12.1. The van der Waals surface area contributed by atoms with Crippen LogP contribution in [0.2, 0.25) is 0 Å². The molecule has 11 aromatic rings. The quantitative estimate of drug-likeness (QED) is 0.170. The Hall–Kier alpha value is -6.64. The van der Waals surface area contributed by atoms with Crippen LogP contribution in [-0.2, 0) is 5.41 Å². The van der Waals surface area contributed by atoms with Gasteiger partial charge in [0.15, 0.2) is 11.2 Å². The molecule has 0 radical (unpaired) electrons. The lowest BCUT2D eigenvalue weighted by atomic mass is 9.80. The average molecular weight is 677 g/mol. The first-order valence-electron chi connectivity index (χ1n) is 18.4. The first-order chi connectivity index (χ1) is 26.0. The van der Waals surface area contributed by atoms with E-state index in [9.17, 15) is 0 Å². The van der Waals surface area contributed by atoms with Crippen molar-refractivity contribution in [3.63, 3.8) is 0 Å². The first kappa shape index (κ1) is 29.0. The zero-order chi connectivity index (χ0) is 35.0. The molecule has 0 unspecified atom stereocenters. The highest BCUT2D eigenvalue weighted by Crippen LogP contribution is 2.53. The third kappa shape index (κ3) is 3.82. The lowest BCUT2D eigenvalue weighted by Crippen LogP contribution is -2.15. The molecule has 0 amide bonds. The van der Waals surface area contributed by atoms with Crippen molar-refractivity contribution < 1.29 is 8.83 Å². The number of rotatable bonds is 2. The summed E-state index contributed by atoms with van der Waals surface area (Å²) < 4.78 is 12.9. The maximum absolute atomic E-state index is 6.54. The fourth-order valence-corrected chi connectivity index (χ4v) is 9.59. The largest absolute Gasteiger partial charge is 0.452 e. The molecule has 0 aliphatic heterocycles. The lowest BCUT2D eigenvalue weighted by molar-refractivity contribution is 0.633. The number of hydrogen-bond acceptors (Lipinski definition) is 2. The summed E-state index contributed by atoms with van der Waals surface area (Å²) in [5.41, 5.74) is 13.7. The topological polar surface area (TPSA) is 26.3 Å². The zero-order valence-corrected chi connectivity index (χ0v) is 29.3. The van der Waals surface area contributed by atoms with Crippen LogP contribution in [0.5, 0.6) is 0 Å². The van der Waals surface area contributed by atoms with E-state index >= 15 is 0 Å². The summed E-state index contributed by atoms with van der Waals surface area (Å²) >= 11 is 0. The van der Waals surface area contributed by atoms with Crippen LogP contribution in [-0.4, -0.2) is 0 Å². The number of hydrogen-bond donors (Lipinski definition) is 0. The molecule has 2 heterocycles. The van der Waals surface area contributed by atoms with Crippen molar-refractivity contribution in [2.24, 2.45) is 0 Å². The third-order valence-corrected chi connectivity index (χ3v) is 12.1. The summed E-state index contributed by atoms with van der Waals surface area (Å²) in [6, 6.07) is 57.7. The number of benzene rings is 9. The van der Waals surface area contributed by atoms with Gasteiger partial charge in [-0.1, -0.05) is 135 Å². The summed E-state index contributed by atoms with van der Waals surface area (Å²) in [7, 11) is 0. The molecule has 2 aromatic heterocycles. The highest BCUT2D eigenvalue weighted by Gasteiger charge is 2.37. The molecule has 1 aliphatic carbocycles. The summed E-state index contributed by atoms with van der Waals surface area (Å²) in [4.78, 5) is 0. The van der Waals surface area contributed by atoms with E-state index in [0.29, 0.717) is 0 Å². The summed E-state index contributed by atoms with van der Waals surface area (Å²) in [6.07, 6.45) is 0. The zero-order valence-electron chi connectivity index (χ0n) is 29.3. The molecule has 1 aliphatic rings. The molecule has 9 aromatic carbocycles. The van der Waals surface area contributed by atoms with Crippen molar-refractivity contribution in [1.29, 1.82) is 0 Å². The van der Waals surface area contributed by atoms with Crippen LogP contribution in [0.1, 0.15) is 25.0 Å². The maximum Gasteiger partial charge on any atom is 0.178 e. The molecule has 0 spiro atoms. The van der Waals surface area contributed by atoms with Crippen molar-refractivity contribution in [3.8, 4) is 33.4 Å². The predicted molar refractivity (Wildman–Crippen MR) is 222 cm³/mol. The molecular weight excluding hydrogens is 645 g/mol. The Morgan fingerprint density at radius 2 is 0.887 bits per heavy atom. The van der Waals surface area contributed by atoms with Gasteiger partial charge in [0.1, 0.15) is 11.2 Å². The summed E-state index contributed by atoms with van der Waals surface area (Å²) in [5.74, 6) is 0. The van der Waals surface area contributed by atoms with Gasteiger partial charge in [0.05, 0.1) is 0 Å².